The molecule has 138 valence electrons. The van der Waals surface area contributed by atoms with Crippen molar-refractivity contribution in [2.24, 2.45) is 5.41 Å². The van der Waals surface area contributed by atoms with Gasteiger partial charge in [-0.2, -0.15) is 0 Å². The summed E-state index contributed by atoms with van der Waals surface area (Å²) in [7, 11) is 0. The van der Waals surface area contributed by atoms with Gasteiger partial charge in [0.2, 0.25) is 11.8 Å². The lowest BCUT2D eigenvalue weighted by molar-refractivity contribution is -0.135. The summed E-state index contributed by atoms with van der Waals surface area (Å²) in [5, 5.41) is 5.59. The molecule has 2 aromatic rings. The molecular weight excluding hydrogens is 328 g/mol. The van der Waals surface area contributed by atoms with Gasteiger partial charge in [0.05, 0.1) is 6.61 Å². The highest BCUT2D eigenvalue weighted by Crippen LogP contribution is 2.23. The van der Waals surface area contributed by atoms with Crippen molar-refractivity contribution in [3.63, 3.8) is 0 Å². The van der Waals surface area contributed by atoms with Crippen molar-refractivity contribution < 1.29 is 14.3 Å². The molecule has 0 fully saturated rings. The van der Waals surface area contributed by atoms with E-state index in [2.05, 4.69) is 17.6 Å². The molecule has 0 aliphatic rings. The molecule has 0 unspecified atom stereocenters. The smallest absolute Gasteiger partial charge is 0.239 e. The molecule has 2 aromatic carbocycles. The lowest BCUT2D eigenvalue weighted by atomic mass is 9.90. The van der Waals surface area contributed by atoms with Crippen LogP contribution in [-0.2, 0) is 16.0 Å². The summed E-state index contributed by atoms with van der Waals surface area (Å²) in [6.45, 7) is 7.77. The molecule has 0 aliphatic heterocycles. The Morgan fingerprint density at radius 2 is 1.31 bits per heavy atom. The molecule has 5 heteroatoms. The second kappa shape index (κ2) is 8.52. The Balaban J connectivity index is 2.01. The van der Waals surface area contributed by atoms with Gasteiger partial charge in [0.1, 0.15) is 11.2 Å². The first-order valence-corrected chi connectivity index (χ1v) is 8.81. The van der Waals surface area contributed by atoms with Gasteiger partial charge in [-0.1, -0.05) is 19.1 Å². The van der Waals surface area contributed by atoms with Gasteiger partial charge in [-0.3, -0.25) is 9.59 Å². The van der Waals surface area contributed by atoms with Crippen LogP contribution in [0.5, 0.6) is 5.75 Å². The maximum Gasteiger partial charge on any atom is 0.239 e. The quantitative estimate of drug-likeness (QED) is 0.731. The molecule has 0 atom stereocenters. The van der Waals surface area contributed by atoms with Crippen LogP contribution >= 0.6 is 0 Å². The average molecular weight is 354 g/mol. The van der Waals surface area contributed by atoms with Gasteiger partial charge < -0.3 is 15.4 Å². The number of rotatable bonds is 7. The first kappa shape index (κ1) is 19.5. The highest BCUT2D eigenvalue weighted by atomic mass is 16.5. The highest BCUT2D eigenvalue weighted by molar-refractivity contribution is 6.14. The van der Waals surface area contributed by atoms with Gasteiger partial charge in [0.15, 0.2) is 0 Å². The molecule has 2 amide bonds. The second-order valence-corrected chi connectivity index (χ2v) is 6.54. The maximum atomic E-state index is 12.6. The van der Waals surface area contributed by atoms with E-state index in [4.69, 9.17) is 4.74 Å². The highest BCUT2D eigenvalue weighted by Gasteiger charge is 2.36. The van der Waals surface area contributed by atoms with E-state index >= 15 is 0 Å². The number of amides is 2. The van der Waals surface area contributed by atoms with Crippen LogP contribution in [0.4, 0.5) is 11.4 Å². The average Bonchev–Trinajstić information content (AvgIpc) is 2.64. The molecular formula is C21H26N2O3. The minimum absolute atomic E-state index is 0.356. The van der Waals surface area contributed by atoms with Crippen molar-refractivity contribution in [2.45, 2.75) is 34.1 Å². The monoisotopic (exact) mass is 354 g/mol. The first-order chi connectivity index (χ1) is 12.4. The van der Waals surface area contributed by atoms with Crippen LogP contribution in [0.25, 0.3) is 0 Å². The third kappa shape index (κ3) is 4.85. The van der Waals surface area contributed by atoms with Crippen molar-refractivity contribution in [1.82, 2.24) is 0 Å². The summed E-state index contributed by atoms with van der Waals surface area (Å²) < 4.78 is 5.38. The Morgan fingerprint density at radius 3 is 1.73 bits per heavy atom. The Bertz CT molecular complexity index is 750. The van der Waals surface area contributed by atoms with Crippen molar-refractivity contribution in [1.29, 1.82) is 0 Å². The molecule has 0 saturated heterocycles. The molecule has 0 aromatic heterocycles. The first-order valence-electron chi connectivity index (χ1n) is 8.81. The molecule has 0 saturated carbocycles. The normalized spacial score (nSPS) is 10.9. The number of carbonyl (C=O) groups is 2. The standard InChI is InChI=1S/C21H26N2O3/c1-5-15-7-9-16(10-8-15)22-19(24)21(3,4)20(25)23-17-11-13-18(14-12-17)26-6-2/h7-14H,5-6H2,1-4H3,(H,22,24)(H,23,25). The second-order valence-electron chi connectivity index (χ2n) is 6.54. The van der Waals surface area contributed by atoms with E-state index in [0.29, 0.717) is 18.0 Å². The molecule has 5 nitrogen and oxygen atoms in total. The fourth-order valence-electron chi connectivity index (χ4n) is 2.30. The third-order valence-electron chi connectivity index (χ3n) is 4.18. The zero-order valence-corrected chi connectivity index (χ0v) is 15.8. The van der Waals surface area contributed by atoms with E-state index in [1.807, 2.05) is 31.2 Å². The van der Waals surface area contributed by atoms with Crippen LogP contribution < -0.4 is 15.4 Å². The van der Waals surface area contributed by atoms with E-state index < -0.39 is 5.41 Å². The van der Waals surface area contributed by atoms with E-state index in [-0.39, 0.29) is 11.8 Å². The predicted molar refractivity (Wildman–Crippen MR) is 104 cm³/mol. The van der Waals surface area contributed by atoms with Crippen LogP contribution in [-0.4, -0.2) is 18.4 Å². The topological polar surface area (TPSA) is 67.4 Å². The lowest BCUT2D eigenvalue weighted by Crippen LogP contribution is -2.41. The zero-order chi connectivity index (χ0) is 19.2. The van der Waals surface area contributed by atoms with Gasteiger partial charge in [0, 0.05) is 11.4 Å². The molecule has 0 bridgehead atoms. The molecule has 2 N–H and O–H groups in total. The molecule has 26 heavy (non-hydrogen) atoms. The van der Waals surface area contributed by atoms with E-state index in [0.717, 1.165) is 12.2 Å². The maximum absolute atomic E-state index is 12.6. The van der Waals surface area contributed by atoms with Gasteiger partial charge in [-0.25, -0.2) is 0 Å². The molecule has 0 radical (unpaired) electrons. The molecule has 2 rings (SSSR count). The van der Waals surface area contributed by atoms with Gasteiger partial charge in [-0.05, 0) is 69.2 Å². The van der Waals surface area contributed by atoms with Gasteiger partial charge >= 0.3 is 0 Å². The third-order valence-corrected chi connectivity index (χ3v) is 4.18. The van der Waals surface area contributed by atoms with Crippen molar-refractivity contribution in [2.75, 3.05) is 17.2 Å². The number of hydrogen-bond acceptors (Lipinski definition) is 3. The van der Waals surface area contributed by atoms with Crippen LogP contribution in [0.3, 0.4) is 0 Å². The number of benzene rings is 2. The van der Waals surface area contributed by atoms with Crippen LogP contribution in [0.1, 0.15) is 33.3 Å². The van der Waals surface area contributed by atoms with Gasteiger partial charge in [-0.15, -0.1) is 0 Å². The molecule has 0 spiro atoms. The van der Waals surface area contributed by atoms with Crippen molar-refractivity contribution in [3.05, 3.63) is 54.1 Å². The number of hydrogen-bond donors (Lipinski definition) is 2. The summed E-state index contributed by atoms with van der Waals surface area (Å²) in [5.41, 5.74) is 1.26. The fraction of sp³-hybridized carbons (Fsp3) is 0.333. The number of aryl methyl sites for hydroxylation is 1. The Kier molecular flexibility index (Phi) is 6.39. The molecule has 0 heterocycles. The lowest BCUT2D eigenvalue weighted by Gasteiger charge is -2.23. The summed E-state index contributed by atoms with van der Waals surface area (Å²) >= 11 is 0. The minimum atomic E-state index is -1.22. The number of ether oxygens (including phenoxy) is 1. The van der Waals surface area contributed by atoms with Crippen molar-refractivity contribution >= 4 is 23.2 Å². The summed E-state index contributed by atoms with van der Waals surface area (Å²) in [6, 6.07) is 14.7. The van der Waals surface area contributed by atoms with Crippen molar-refractivity contribution in [3.8, 4) is 5.75 Å². The predicted octanol–water partition coefficient (Wildman–Crippen LogP) is 4.25. The van der Waals surface area contributed by atoms with Crippen LogP contribution in [0, 0.1) is 5.41 Å². The van der Waals surface area contributed by atoms with E-state index in [1.54, 1.807) is 38.1 Å². The van der Waals surface area contributed by atoms with Crippen LogP contribution in [0.2, 0.25) is 0 Å². The summed E-state index contributed by atoms with van der Waals surface area (Å²) in [4.78, 5) is 25.1. The Morgan fingerprint density at radius 1 is 0.846 bits per heavy atom. The van der Waals surface area contributed by atoms with Crippen LogP contribution in [0.15, 0.2) is 48.5 Å². The fourth-order valence-corrected chi connectivity index (χ4v) is 2.30. The van der Waals surface area contributed by atoms with Gasteiger partial charge in [0.25, 0.3) is 0 Å². The summed E-state index contributed by atoms with van der Waals surface area (Å²) in [6.07, 6.45) is 0.935. The summed E-state index contributed by atoms with van der Waals surface area (Å²) in [5.74, 6) is 0.00699. The van der Waals surface area contributed by atoms with E-state index in [1.165, 1.54) is 5.56 Å². The zero-order valence-electron chi connectivity index (χ0n) is 15.8. The molecule has 0 aliphatic carbocycles. The minimum Gasteiger partial charge on any atom is -0.494 e. The number of nitrogens with one attached hydrogen (secondary N) is 2. The largest absolute Gasteiger partial charge is 0.494 e. The Hall–Kier alpha value is -2.82. The van der Waals surface area contributed by atoms with E-state index in [9.17, 15) is 9.59 Å². The number of carbonyl (C=O) groups excluding carboxylic acids is 2. The Labute approximate surface area is 154 Å². The number of anilines is 2. The SMILES string of the molecule is CCOc1ccc(NC(=O)C(C)(C)C(=O)Nc2ccc(CC)cc2)cc1.